The number of rotatable bonds is 3. The number of aromatic nitrogens is 3. The van der Waals surface area contributed by atoms with E-state index in [1.807, 2.05) is 30.5 Å². The third kappa shape index (κ3) is 3.31. The van der Waals surface area contributed by atoms with Crippen molar-refractivity contribution >= 4 is 27.5 Å². The van der Waals surface area contributed by atoms with E-state index < -0.39 is 6.10 Å². The van der Waals surface area contributed by atoms with Gasteiger partial charge in [-0.05, 0) is 53.5 Å². The van der Waals surface area contributed by atoms with Crippen molar-refractivity contribution in [2.24, 2.45) is 0 Å². The number of anilines is 1. The van der Waals surface area contributed by atoms with Crippen LogP contribution in [0.15, 0.2) is 53.7 Å². The molecule has 2 aliphatic rings. The molecule has 7 heteroatoms. The number of pyridine rings is 1. The lowest BCUT2D eigenvalue weighted by Crippen LogP contribution is -2.39. The van der Waals surface area contributed by atoms with Crippen molar-refractivity contribution < 1.29 is 9.84 Å². The van der Waals surface area contributed by atoms with Crippen LogP contribution < -0.4 is 10.5 Å². The van der Waals surface area contributed by atoms with Gasteiger partial charge >= 0.3 is 0 Å². The number of aliphatic hydroxyl groups excluding tert-OH is 1. The maximum Gasteiger partial charge on any atom is 0.261 e. The summed E-state index contributed by atoms with van der Waals surface area (Å²) in [7, 11) is 2.08. The molecule has 1 N–H and O–H groups in total. The quantitative estimate of drug-likeness (QED) is 0.492. The van der Waals surface area contributed by atoms with E-state index >= 15 is 0 Å². The topological polar surface area (TPSA) is 80.5 Å². The van der Waals surface area contributed by atoms with Crippen LogP contribution in [0.2, 0.25) is 0 Å². The first-order valence-corrected chi connectivity index (χ1v) is 11.5. The molecule has 1 saturated heterocycles. The fourth-order valence-electron chi connectivity index (χ4n) is 5.34. The van der Waals surface area contributed by atoms with E-state index in [0.717, 1.165) is 41.5 Å². The second-order valence-corrected chi connectivity index (χ2v) is 9.05. The van der Waals surface area contributed by atoms with Crippen molar-refractivity contribution in [1.29, 1.82) is 0 Å². The highest BCUT2D eigenvalue weighted by Crippen LogP contribution is 2.32. The predicted octanol–water partition coefficient (Wildman–Crippen LogP) is 2.85. The Kier molecular flexibility index (Phi) is 4.89. The monoisotopic (exact) mass is 442 g/mol. The van der Waals surface area contributed by atoms with E-state index in [1.54, 1.807) is 10.9 Å². The molecule has 0 bridgehead atoms. The first-order valence-electron chi connectivity index (χ1n) is 11.5. The van der Waals surface area contributed by atoms with Gasteiger partial charge in [0, 0.05) is 31.8 Å². The van der Waals surface area contributed by atoms with Crippen LogP contribution in [0.4, 0.5) is 5.82 Å². The minimum atomic E-state index is -0.716. The van der Waals surface area contributed by atoms with Gasteiger partial charge in [-0.15, -0.1) is 0 Å². The molecule has 0 aliphatic carbocycles. The summed E-state index contributed by atoms with van der Waals surface area (Å²) in [6.45, 7) is 1.73. The van der Waals surface area contributed by atoms with Crippen LogP contribution in [-0.2, 0) is 17.6 Å². The highest BCUT2D eigenvalue weighted by molar-refractivity contribution is 6.06. The second-order valence-electron chi connectivity index (χ2n) is 9.05. The molecule has 0 unspecified atom stereocenters. The van der Waals surface area contributed by atoms with Gasteiger partial charge in [-0.25, -0.2) is 9.97 Å². The number of hydrogen-bond acceptors (Lipinski definition) is 6. The van der Waals surface area contributed by atoms with E-state index in [9.17, 15) is 9.90 Å². The molecule has 2 aliphatic heterocycles. The highest BCUT2D eigenvalue weighted by Gasteiger charge is 2.27. The van der Waals surface area contributed by atoms with Crippen molar-refractivity contribution in [3.63, 3.8) is 0 Å². The van der Waals surface area contributed by atoms with Crippen molar-refractivity contribution in [3.8, 4) is 0 Å². The summed E-state index contributed by atoms with van der Waals surface area (Å²) >= 11 is 0. The van der Waals surface area contributed by atoms with Crippen molar-refractivity contribution in [3.05, 3.63) is 76.0 Å². The molecule has 0 radical (unpaired) electrons. The van der Waals surface area contributed by atoms with E-state index in [2.05, 4.69) is 29.1 Å². The van der Waals surface area contributed by atoms with Gasteiger partial charge < -0.3 is 14.7 Å². The molecule has 2 atom stereocenters. The van der Waals surface area contributed by atoms with Crippen molar-refractivity contribution in [1.82, 2.24) is 14.5 Å². The van der Waals surface area contributed by atoms with Gasteiger partial charge in [-0.3, -0.25) is 9.36 Å². The molecule has 0 amide bonds. The minimum Gasteiger partial charge on any atom is -0.389 e. The smallest absolute Gasteiger partial charge is 0.261 e. The molecular formula is C26H26N4O3. The molecular weight excluding hydrogens is 416 g/mol. The third-order valence-electron chi connectivity index (χ3n) is 7.10. The van der Waals surface area contributed by atoms with Crippen molar-refractivity contribution in [2.45, 2.75) is 31.4 Å². The Labute approximate surface area is 191 Å². The first-order chi connectivity index (χ1) is 16.1. The Morgan fingerprint density at radius 2 is 1.97 bits per heavy atom. The van der Waals surface area contributed by atoms with Crippen LogP contribution in [0.5, 0.6) is 0 Å². The van der Waals surface area contributed by atoms with Gasteiger partial charge in [0.15, 0.2) is 0 Å². The summed E-state index contributed by atoms with van der Waals surface area (Å²) in [4.78, 5) is 25.1. The predicted molar refractivity (Wildman–Crippen MR) is 128 cm³/mol. The Bertz CT molecular complexity index is 1430. The Morgan fingerprint density at radius 3 is 2.82 bits per heavy atom. The normalized spacial score (nSPS) is 20.5. The zero-order valence-electron chi connectivity index (χ0n) is 18.6. The molecule has 2 aromatic heterocycles. The lowest BCUT2D eigenvalue weighted by molar-refractivity contribution is -0.0395. The van der Waals surface area contributed by atoms with Crippen LogP contribution in [-0.4, -0.2) is 52.6 Å². The summed E-state index contributed by atoms with van der Waals surface area (Å²) in [5, 5.41) is 13.1. The number of nitrogens with zero attached hydrogens (tertiary/aromatic N) is 4. The van der Waals surface area contributed by atoms with E-state index in [4.69, 9.17) is 9.72 Å². The molecule has 1 fully saturated rings. The standard InChI is InChI=1S/C26H26N4O3/c1-29-10-7-19-16(6-9-27-25(19)29)12-17-13-21-24(20-5-3-2-4-18(17)20)28-15-30(26(21)32)22-8-11-33-14-23(22)31/h2-6,9,13,15,22-23,31H,7-8,10-12,14H2,1H3/t22-,23-/m0/s1. The summed E-state index contributed by atoms with van der Waals surface area (Å²) in [5.41, 5.74) is 4.23. The second kappa shape index (κ2) is 7.93. The number of ether oxygens (including phenoxy) is 1. The van der Waals surface area contributed by atoms with Gasteiger partial charge in [-0.2, -0.15) is 0 Å². The lowest BCUT2D eigenvalue weighted by Gasteiger charge is -2.29. The molecule has 0 saturated carbocycles. The van der Waals surface area contributed by atoms with Gasteiger partial charge in [0.2, 0.25) is 0 Å². The SMILES string of the molecule is CN1CCc2c(Cc3cc4c(=O)n([C@H]5CCOC[C@@H]5O)cnc4c4ccccc34)ccnc21. The minimum absolute atomic E-state index is 0.113. The molecule has 2 aromatic carbocycles. The van der Waals surface area contributed by atoms with Gasteiger partial charge in [0.05, 0.1) is 36.0 Å². The number of fused-ring (bicyclic) bond motifs is 4. The summed E-state index contributed by atoms with van der Waals surface area (Å²) in [5.74, 6) is 1.05. The Morgan fingerprint density at radius 1 is 1.12 bits per heavy atom. The zero-order valence-corrected chi connectivity index (χ0v) is 18.6. The van der Waals surface area contributed by atoms with Gasteiger partial charge in [-0.1, -0.05) is 24.3 Å². The Hall–Kier alpha value is -3.29. The summed E-state index contributed by atoms with van der Waals surface area (Å²) in [6.07, 6.45) is 5.04. The lowest BCUT2D eigenvalue weighted by atomic mass is 9.94. The van der Waals surface area contributed by atoms with Crippen LogP contribution >= 0.6 is 0 Å². The van der Waals surface area contributed by atoms with Crippen molar-refractivity contribution in [2.75, 3.05) is 31.7 Å². The number of hydrogen-bond donors (Lipinski definition) is 1. The van der Waals surface area contributed by atoms with E-state index in [1.165, 1.54) is 11.1 Å². The van der Waals surface area contributed by atoms with Crippen LogP contribution in [0.1, 0.15) is 29.2 Å². The maximum atomic E-state index is 13.6. The number of likely N-dealkylation sites (N-methyl/N-ethyl adjacent to an activating group) is 1. The fourth-order valence-corrected chi connectivity index (χ4v) is 5.34. The zero-order chi connectivity index (χ0) is 22.5. The highest BCUT2D eigenvalue weighted by atomic mass is 16.5. The number of aliphatic hydroxyl groups is 1. The van der Waals surface area contributed by atoms with Crippen LogP contribution in [0.3, 0.4) is 0 Å². The molecule has 6 rings (SSSR count). The largest absolute Gasteiger partial charge is 0.389 e. The van der Waals surface area contributed by atoms with E-state index in [0.29, 0.717) is 23.9 Å². The Balaban J connectivity index is 1.53. The molecule has 33 heavy (non-hydrogen) atoms. The molecule has 0 spiro atoms. The van der Waals surface area contributed by atoms with Gasteiger partial charge in [0.1, 0.15) is 5.82 Å². The molecule has 4 heterocycles. The summed E-state index contributed by atoms with van der Waals surface area (Å²) < 4.78 is 6.94. The average molecular weight is 443 g/mol. The van der Waals surface area contributed by atoms with E-state index in [-0.39, 0.29) is 18.2 Å². The van der Waals surface area contributed by atoms with Crippen LogP contribution in [0, 0.1) is 0 Å². The fraction of sp³-hybridized carbons (Fsp3) is 0.346. The summed E-state index contributed by atoms with van der Waals surface area (Å²) in [6, 6.07) is 11.9. The van der Waals surface area contributed by atoms with Crippen LogP contribution in [0.25, 0.3) is 21.7 Å². The molecule has 4 aromatic rings. The van der Waals surface area contributed by atoms with Gasteiger partial charge in [0.25, 0.3) is 5.56 Å². The number of benzene rings is 2. The molecule has 168 valence electrons. The first kappa shape index (κ1) is 20.3. The molecule has 7 nitrogen and oxygen atoms in total. The average Bonchev–Trinajstić information content (AvgIpc) is 3.22. The third-order valence-corrected chi connectivity index (χ3v) is 7.10. The maximum absolute atomic E-state index is 13.6.